The number of aromatic nitrogens is 1. The summed E-state index contributed by atoms with van der Waals surface area (Å²) < 4.78 is 7.94. The molecule has 0 unspecified atom stereocenters. The number of aromatic carboxylic acids is 1. The summed E-state index contributed by atoms with van der Waals surface area (Å²) in [7, 11) is 0. The standard InChI is InChI=1S/C24H29NO5Se/c1-23(2)9-10-24(3,4)17-13-19(31-20-8-7-15(14-25-20)22(28)29)18(12-16(17)23)30-11-5-6-21(26)27/h7-8,12-14H,5-6,9-11H2,1-4H3,(H,26,27)(H,28,29). The van der Waals surface area contributed by atoms with E-state index in [1.165, 1.54) is 17.3 Å². The SMILES string of the molecule is CC1(C)CCC(C)(C)c2cc([Se]c3ccc(C(=O)O)cn3)c(OCCCC(=O)O)cc21. The molecule has 2 N–H and O–H groups in total. The van der Waals surface area contributed by atoms with Crippen LogP contribution in [0.5, 0.6) is 5.75 Å². The Balaban J connectivity index is 1.98. The van der Waals surface area contributed by atoms with Gasteiger partial charge in [-0.05, 0) is 0 Å². The van der Waals surface area contributed by atoms with Crippen molar-refractivity contribution in [3.63, 3.8) is 0 Å². The van der Waals surface area contributed by atoms with E-state index in [-0.39, 0.29) is 37.8 Å². The topological polar surface area (TPSA) is 96.7 Å². The van der Waals surface area contributed by atoms with E-state index in [1.54, 1.807) is 12.1 Å². The molecule has 0 saturated heterocycles. The molecule has 0 bridgehead atoms. The number of fused-ring (bicyclic) bond motifs is 1. The van der Waals surface area contributed by atoms with Crippen LogP contribution in [0.3, 0.4) is 0 Å². The van der Waals surface area contributed by atoms with E-state index in [1.807, 2.05) is 0 Å². The van der Waals surface area contributed by atoms with Crippen molar-refractivity contribution in [3.8, 4) is 5.75 Å². The number of pyridine rings is 1. The molecule has 1 aliphatic carbocycles. The van der Waals surface area contributed by atoms with Crippen LogP contribution in [-0.4, -0.2) is 48.7 Å². The van der Waals surface area contributed by atoms with Gasteiger partial charge in [0.15, 0.2) is 0 Å². The molecule has 1 heterocycles. The molecule has 1 aromatic carbocycles. The third-order valence-electron chi connectivity index (χ3n) is 5.91. The molecule has 1 aromatic heterocycles. The van der Waals surface area contributed by atoms with Gasteiger partial charge in [0.25, 0.3) is 0 Å². The van der Waals surface area contributed by atoms with Gasteiger partial charge in [-0.2, -0.15) is 0 Å². The molecular weight excluding hydrogens is 461 g/mol. The summed E-state index contributed by atoms with van der Waals surface area (Å²) in [5.41, 5.74) is 2.86. The van der Waals surface area contributed by atoms with Crippen LogP contribution in [0.2, 0.25) is 0 Å². The van der Waals surface area contributed by atoms with Gasteiger partial charge < -0.3 is 0 Å². The summed E-state index contributed by atoms with van der Waals surface area (Å²) >= 11 is -0.175. The molecule has 1 aliphatic rings. The summed E-state index contributed by atoms with van der Waals surface area (Å²) in [4.78, 5) is 26.3. The average molecular weight is 490 g/mol. The summed E-state index contributed by atoms with van der Waals surface area (Å²) in [6.07, 6.45) is 4.09. The summed E-state index contributed by atoms with van der Waals surface area (Å²) in [5, 5.41) is 18.0. The molecular formula is C24H29NO5Se. The molecule has 31 heavy (non-hydrogen) atoms. The number of carbonyl (C=O) groups is 2. The molecule has 0 aliphatic heterocycles. The first-order valence-corrected chi connectivity index (χ1v) is 12.1. The summed E-state index contributed by atoms with van der Waals surface area (Å²) in [6, 6.07) is 7.70. The minimum absolute atomic E-state index is 0.0386. The van der Waals surface area contributed by atoms with Crippen LogP contribution in [0, 0.1) is 0 Å². The van der Waals surface area contributed by atoms with Gasteiger partial charge in [0.2, 0.25) is 0 Å². The maximum atomic E-state index is 11.1. The van der Waals surface area contributed by atoms with Gasteiger partial charge in [-0.3, -0.25) is 0 Å². The van der Waals surface area contributed by atoms with Gasteiger partial charge in [-0.25, -0.2) is 0 Å². The van der Waals surface area contributed by atoms with E-state index in [0.29, 0.717) is 13.0 Å². The zero-order valence-electron chi connectivity index (χ0n) is 18.4. The first-order chi connectivity index (χ1) is 14.5. The van der Waals surface area contributed by atoms with Crippen molar-refractivity contribution in [2.24, 2.45) is 0 Å². The number of hydrogen-bond donors (Lipinski definition) is 2. The number of nitrogens with zero attached hydrogens (tertiary/aromatic N) is 1. The number of benzene rings is 1. The van der Waals surface area contributed by atoms with Crippen LogP contribution in [0.1, 0.15) is 74.9 Å². The fraction of sp³-hybridized carbons (Fsp3) is 0.458. The number of hydrogen-bond acceptors (Lipinski definition) is 4. The molecule has 0 atom stereocenters. The van der Waals surface area contributed by atoms with Crippen molar-refractivity contribution in [1.29, 1.82) is 0 Å². The van der Waals surface area contributed by atoms with Crippen molar-refractivity contribution < 1.29 is 24.5 Å². The third-order valence-corrected chi connectivity index (χ3v) is 7.98. The number of carboxylic acids is 2. The predicted octanol–water partition coefficient (Wildman–Crippen LogP) is 3.03. The van der Waals surface area contributed by atoms with E-state index in [0.717, 1.165) is 27.6 Å². The van der Waals surface area contributed by atoms with Crippen molar-refractivity contribution in [1.82, 2.24) is 4.98 Å². The second kappa shape index (κ2) is 9.01. The maximum absolute atomic E-state index is 11.1. The fourth-order valence-electron chi connectivity index (χ4n) is 3.85. The monoisotopic (exact) mass is 491 g/mol. The van der Waals surface area contributed by atoms with Crippen molar-refractivity contribution >= 4 is 35.9 Å². The van der Waals surface area contributed by atoms with Gasteiger partial charge >= 0.3 is 189 Å². The Labute approximate surface area is 189 Å². The van der Waals surface area contributed by atoms with Gasteiger partial charge in [0.05, 0.1) is 0 Å². The average Bonchev–Trinajstić information content (AvgIpc) is 2.69. The molecule has 0 spiro atoms. The Hall–Kier alpha value is -2.37. The van der Waals surface area contributed by atoms with Crippen LogP contribution in [0.25, 0.3) is 0 Å². The quantitative estimate of drug-likeness (QED) is 0.436. The van der Waals surface area contributed by atoms with Crippen molar-refractivity contribution in [3.05, 3.63) is 47.2 Å². The minimum atomic E-state index is -0.994. The first-order valence-electron chi connectivity index (χ1n) is 10.4. The van der Waals surface area contributed by atoms with Crippen LogP contribution in [0.4, 0.5) is 0 Å². The molecule has 0 amide bonds. The molecule has 0 fully saturated rings. The van der Waals surface area contributed by atoms with E-state index < -0.39 is 11.9 Å². The van der Waals surface area contributed by atoms with Crippen LogP contribution in [0.15, 0.2) is 30.5 Å². The molecule has 0 radical (unpaired) electrons. The fourth-order valence-corrected chi connectivity index (χ4v) is 5.66. The number of ether oxygens (including phenoxy) is 1. The van der Waals surface area contributed by atoms with E-state index >= 15 is 0 Å². The molecule has 2 aromatic rings. The zero-order valence-corrected chi connectivity index (χ0v) is 20.1. The van der Waals surface area contributed by atoms with Gasteiger partial charge in [0.1, 0.15) is 0 Å². The Morgan fingerprint density at radius 1 is 1.06 bits per heavy atom. The van der Waals surface area contributed by atoms with Gasteiger partial charge in [-0.15, -0.1) is 0 Å². The van der Waals surface area contributed by atoms with E-state index in [4.69, 9.17) is 14.9 Å². The number of rotatable bonds is 8. The first kappa shape index (κ1) is 23.3. The Bertz CT molecular complexity index is 982. The predicted molar refractivity (Wildman–Crippen MR) is 120 cm³/mol. The molecule has 7 heteroatoms. The van der Waals surface area contributed by atoms with Crippen molar-refractivity contribution in [2.75, 3.05) is 6.61 Å². The van der Waals surface area contributed by atoms with Gasteiger partial charge in [0, 0.05) is 0 Å². The third kappa shape index (κ3) is 5.46. The number of carboxylic acid groups (broad SMARTS) is 2. The normalized spacial score (nSPS) is 16.4. The van der Waals surface area contributed by atoms with Crippen LogP contribution >= 0.6 is 0 Å². The van der Waals surface area contributed by atoms with Crippen LogP contribution in [-0.2, 0) is 15.6 Å². The molecule has 6 nitrogen and oxygen atoms in total. The summed E-state index contributed by atoms with van der Waals surface area (Å²) in [5.74, 6) is -1.05. The Morgan fingerprint density at radius 2 is 1.71 bits per heavy atom. The molecule has 0 saturated carbocycles. The number of aliphatic carboxylic acids is 1. The summed E-state index contributed by atoms with van der Waals surface area (Å²) in [6.45, 7) is 9.39. The Morgan fingerprint density at radius 3 is 2.26 bits per heavy atom. The van der Waals surface area contributed by atoms with E-state index in [9.17, 15) is 9.59 Å². The second-order valence-electron chi connectivity index (χ2n) is 9.25. The van der Waals surface area contributed by atoms with Crippen LogP contribution < -0.4 is 13.8 Å². The molecule has 166 valence electrons. The second-order valence-corrected chi connectivity index (χ2v) is 11.5. The van der Waals surface area contributed by atoms with Gasteiger partial charge in [-0.1, -0.05) is 0 Å². The zero-order chi connectivity index (χ0) is 22.8. The Kier molecular flexibility index (Phi) is 6.77. The van der Waals surface area contributed by atoms with Crippen molar-refractivity contribution in [2.45, 2.75) is 64.2 Å². The molecule has 3 rings (SSSR count). The van der Waals surface area contributed by atoms with E-state index in [2.05, 4.69) is 44.8 Å².